The van der Waals surface area contributed by atoms with Crippen LogP contribution in [0.2, 0.25) is 5.02 Å². The van der Waals surface area contributed by atoms with Crippen molar-refractivity contribution in [3.05, 3.63) is 70.4 Å². The highest BCUT2D eigenvalue weighted by Crippen LogP contribution is 2.19. The molecule has 0 radical (unpaired) electrons. The van der Waals surface area contributed by atoms with Crippen LogP contribution in [0.1, 0.15) is 27.6 Å². The van der Waals surface area contributed by atoms with Crippen LogP contribution in [0.5, 0.6) is 0 Å². The molecule has 3 aromatic rings. The number of hydrogen-bond donors (Lipinski definition) is 0. The fourth-order valence-corrected chi connectivity index (χ4v) is 2.73. The Morgan fingerprint density at radius 1 is 1.24 bits per heavy atom. The summed E-state index contributed by atoms with van der Waals surface area (Å²) in [6.07, 6.45) is 1.70. The fraction of sp³-hybridized carbons (Fsp3) is 0.222. The van der Waals surface area contributed by atoms with E-state index in [2.05, 4.69) is 15.1 Å². The van der Waals surface area contributed by atoms with Gasteiger partial charge < -0.3 is 4.90 Å². The van der Waals surface area contributed by atoms with Crippen molar-refractivity contribution in [1.29, 1.82) is 0 Å². The summed E-state index contributed by atoms with van der Waals surface area (Å²) in [5.41, 5.74) is 2.82. The number of pyridine rings is 2. The topological polar surface area (TPSA) is 63.9 Å². The van der Waals surface area contributed by atoms with Gasteiger partial charge in [-0.15, -0.1) is 0 Å². The van der Waals surface area contributed by atoms with Crippen LogP contribution >= 0.6 is 11.6 Å². The van der Waals surface area contributed by atoms with Crippen molar-refractivity contribution < 1.29 is 4.79 Å². The predicted molar refractivity (Wildman–Crippen MR) is 95.9 cm³/mol. The molecule has 0 atom stereocenters. The highest BCUT2D eigenvalue weighted by molar-refractivity contribution is 6.33. The van der Waals surface area contributed by atoms with Crippen LogP contribution in [0.4, 0.5) is 0 Å². The van der Waals surface area contributed by atoms with E-state index in [1.807, 2.05) is 38.1 Å². The number of aromatic nitrogens is 4. The molecule has 3 rings (SSSR count). The molecule has 0 aliphatic rings. The van der Waals surface area contributed by atoms with Gasteiger partial charge >= 0.3 is 0 Å². The molecule has 6 nitrogen and oxygen atoms in total. The lowest BCUT2D eigenvalue weighted by Crippen LogP contribution is -2.28. The third-order valence-corrected chi connectivity index (χ3v) is 4.04. The van der Waals surface area contributed by atoms with E-state index < -0.39 is 0 Å². The van der Waals surface area contributed by atoms with E-state index in [-0.39, 0.29) is 11.6 Å². The second-order valence-electron chi connectivity index (χ2n) is 5.82. The molecule has 0 aliphatic heterocycles. The van der Waals surface area contributed by atoms with Gasteiger partial charge in [0.25, 0.3) is 5.91 Å². The first-order valence-electron chi connectivity index (χ1n) is 7.81. The SMILES string of the molecule is Cc1cc(C)n(-c2ccc(Cl)c(C(=O)N(C)Cc3ccccn3)n2)n1. The molecule has 0 aromatic carbocycles. The van der Waals surface area contributed by atoms with Crippen LogP contribution < -0.4 is 0 Å². The summed E-state index contributed by atoms with van der Waals surface area (Å²) in [7, 11) is 1.70. The van der Waals surface area contributed by atoms with E-state index >= 15 is 0 Å². The molecule has 3 aromatic heterocycles. The van der Waals surface area contributed by atoms with E-state index in [1.165, 1.54) is 0 Å². The second kappa shape index (κ2) is 7.03. The number of nitrogens with zero attached hydrogens (tertiary/aromatic N) is 5. The van der Waals surface area contributed by atoms with E-state index in [1.54, 1.807) is 35.0 Å². The molecule has 25 heavy (non-hydrogen) atoms. The normalized spacial score (nSPS) is 10.7. The van der Waals surface area contributed by atoms with Crippen LogP contribution in [-0.4, -0.2) is 37.6 Å². The number of carbonyl (C=O) groups is 1. The van der Waals surface area contributed by atoms with Gasteiger partial charge in [0, 0.05) is 18.9 Å². The lowest BCUT2D eigenvalue weighted by Gasteiger charge is -2.17. The van der Waals surface area contributed by atoms with Gasteiger partial charge in [0.05, 0.1) is 23.0 Å². The summed E-state index contributed by atoms with van der Waals surface area (Å²) in [4.78, 5) is 23.0. The van der Waals surface area contributed by atoms with Crippen LogP contribution in [0, 0.1) is 13.8 Å². The summed E-state index contributed by atoms with van der Waals surface area (Å²) < 4.78 is 1.70. The van der Waals surface area contributed by atoms with Crippen LogP contribution in [0.15, 0.2) is 42.6 Å². The quantitative estimate of drug-likeness (QED) is 0.721. The zero-order chi connectivity index (χ0) is 18.0. The first kappa shape index (κ1) is 17.1. The molecule has 3 heterocycles. The number of hydrogen-bond acceptors (Lipinski definition) is 4. The van der Waals surface area contributed by atoms with Crippen molar-refractivity contribution >= 4 is 17.5 Å². The summed E-state index contributed by atoms with van der Waals surface area (Å²) in [6.45, 7) is 4.22. The van der Waals surface area contributed by atoms with Crippen molar-refractivity contribution in [3.8, 4) is 5.82 Å². The Morgan fingerprint density at radius 3 is 2.68 bits per heavy atom. The summed E-state index contributed by atoms with van der Waals surface area (Å²) in [6, 6.07) is 11.0. The monoisotopic (exact) mass is 355 g/mol. The number of aryl methyl sites for hydroxylation is 2. The van der Waals surface area contributed by atoms with Crippen LogP contribution in [-0.2, 0) is 6.54 Å². The number of carbonyl (C=O) groups excluding carboxylic acids is 1. The van der Waals surface area contributed by atoms with Gasteiger partial charge in [-0.2, -0.15) is 5.10 Å². The highest BCUT2D eigenvalue weighted by atomic mass is 35.5. The first-order chi connectivity index (χ1) is 12.0. The molecule has 128 valence electrons. The van der Waals surface area contributed by atoms with Gasteiger partial charge in [0.15, 0.2) is 5.82 Å². The van der Waals surface area contributed by atoms with E-state index in [4.69, 9.17) is 11.6 Å². The number of amides is 1. The molecule has 1 amide bonds. The molecule has 0 bridgehead atoms. The minimum Gasteiger partial charge on any atom is -0.334 e. The van der Waals surface area contributed by atoms with E-state index in [0.29, 0.717) is 17.4 Å². The van der Waals surface area contributed by atoms with Crippen LogP contribution in [0.3, 0.4) is 0 Å². The maximum Gasteiger partial charge on any atom is 0.274 e. The lowest BCUT2D eigenvalue weighted by atomic mass is 10.3. The second-order valence-corrected chi connectivity index (χ2v) is 6.23. The molecule has 7 heteroatoms. The van der Waals surface area contributed by atoms with Crippen LogP contribution in [0.25, 0.3) is 5.82 Å². The fourth-order valence-electron chi connectivity index (χ4n) is 2.55. The third kappa shape index (κ3) is 3.69. The average molecular weight is 356 g/mol. The van der Waals surface area contributed by atoms with Gasteiger partial charge in [0.1, 0.15) is 5.69 Å². The molecule has 0 aliphatic carbocycles. The Morgan fingerprint density at radius 2 is 2.04 bits per heavy atom. The first-order valence-corrected chi connectivity index (χ1v) is 8.19. The van der Waals surface area contributed by atoms with Gasteiger partial charge in [-0.3, -0.25) is 9.78 Å². The zero-order valence-corrected chi connectivity index (χ0v) is 15.0. The largest absolute Gasteiger partial charge is 0.334 e. The summed E-state index contributed by atoms with van der Waals surface area (Å²) >= 11 is 6.22. The molecule has 0 N–H and O–H groups in total. The Labute approximate surface area is 151 Å². The summed E-state index contributed by atoms with van der Waals surface area (Å²) in [5, 5.41) is 4.71. The van der Waals surface area contributed by atoms with Gasteiger partial charge in [0.2, 0.25) is 0 Å². The Kier molecular flexibility index (Phi) is 4.81. The minimum atomic E-state index is -0.265. The Balaban J connectivity index is 1.89. The smallest absolute Gasteiger partial charge is 0.274 e. The molecule has 0 spiro atoms. The van der Waals surface area contributed by atoms with Crippen molar-refractivity contribution in [2.24, 2.45) is 0 Å². The third-order valence-electron chi connectivity index (χ3n) is 3.73. The maximum absolute atomic E-state index is 12.8. The van der Waals surface area contributed by atoms with E-state index in [0.717, 1.165) is 17.1 Å². The molecule has 0 saturated heterocycles. The molecule has 0 saturated carbocycles. The molecule has 0 fully saturated rings. The van der Waals surface area contributed by atoms with E-state index in [9.17, 15) is 4.79 Å². The number of halogens is 1. The Hall–Kier alpha value is -2.73. The predicted octanol–water partition coefficient (Wildman–Crippen LogP) is 3.20. The Bertz CT molecular complexity index is 907. The van der Waals surface area contributed by atoms with Crippen molar-refractivity contribution in [2.75, 3.05) is 7.05 Å². The number of rotatable bonds is 4. The van der Waals surface area contributed by atoms with Crippen molar-refractivity contribution in [1.82, 2.24) is 24.6 Å². The van der Waals surface area contributed by atoms with Crippen molar-refractivity contribution in [3.63, 3.8) is 0 Å². The standard InChI is InChI=1S/C18H18ClN5O/c1-12-10-13(2)24(22-12)16-8-7-15(19)17(21-16)18(25)23(3)11-14-6-4-5-9-20-14/h4-10H,11H2,1-3H3. The lowest BCUT2D eigenvalue weighted by molar-refractivity contribution is 0.0777. The molecular formula is C18H18ClN5O. The maximum atomic E-state index is 12.8. The molecule has 0 unspecified atom stereocenters. The zero-order valence-electron chi connectivity index (χ0n) is 14.3. The molecular weight excluding hydrogens is 338 g/mol. The van der Waals surface area contributed by atoms with Gasteiger partial charge in [-0.05, 0) is 44.2 Å². The van der Waals surface area contributed by atoms with Gasteiger partial charge in [-0.25, -0.2) is 9.67 Å². The summed E-state index contributed by atoms with van der Waals surface area (Å²) in [5.74, 6) is 0.295. The highest BCUT2D eigenvalue weighted by Gasteiger charge is 2.19. The van der Waals surface area contributed by atoms with Crippen molar-refractivity contribution in [2.45, 2.75) is 20.4 Å². The minimum absolute atomic E-state index is 0.199. The van der Waals surface area contributed by atoms with Gasteiger partial charge in [-0.1, -0.05) is 17.7 Å². The average Bonchev–Trinajstić information content (AvgIpc) is 2.94.